The first kappa shape index (κ1) is 20.6. The number of aromatic nitrogens is 4. The average molecular weight is 439 g/mol. The molecule has 0 radical (unpaired) electrons. The van der Waals surface area contributed by atoms with Crippen molar-refractivity contribution in [1.82, 2.24) is 19.5 Å². The van der Waals surface area contributed by atoms with Crippen LogP contribution in [-0.4, -0.2) is 36.5 Å². The maximum absolute atomic E-state index is 13.3. The molecule has 164 valence electrons. The van der Waals surface area contributed by atoms with Crippen LogP contribution < -0.4 is 4.90 Å². The molecule has 0 bridgehead atoms. The fourth-order valence-corrected chi connectivity index (χ4v) is 4.01. The fourth-order valence-electron chi connectivity index (χ4n) is 4.01. The van der Waals surface area contributed by atoms with Gasteiger partial charge in [-0.15, -0.1) is 0 Å². The van der Waals surface area contributed by atoms with Crippen LogP contribution in [0.2, 0.25) is 0 Å². The van der Waals surface area contributed by atoms with Crippen molar-refractivity contribution in [1.29, 1.82) is 0 Å². The number of pyridine rings is 2. The van der Waals surface area contributed by atoms with Crippen LogP contribution in [0.3, 0.4) is 0 Å². The number of hydrogen-bond acceptors (Lipinski definition) is 5. The zero-order valence-electron chi connectivity index (χ0n) is 18.1. The second kappa shape index (κ2) is 7.98. The van der Waals surface area contributed by atoms with Gasteiger partial charge in [0.1, 0.15) is 11.5 Å². The highest BCUT2D eigenvalue weighted by molar-refractivity contribution is 6.10. The van der Waals surface area contributed by atoms with E-state index in [1.54, 1.807) is 29.4 Å². The largest absolute Gasteiger partial charge is 0.478 e. The van der Waals surface area contributed by atoms with E-state index in [4.69, 9.17) is 4.98 Å². The van der Waals surface area contributed by atoms with E-state index >= 15 is 0 Å². The number of carbonyl (C=O) groups excluding carboxylic acids is 1. The summed E-state index contributed by atoms with van der Waals surface area (Å²) >= 11 is 0. The smallest absolute Gasteiger partial charge is 0.337 e. The molecule has 0 saturated heterocycles. The fraction of sp³-hybridized carbons (Fsp3) is 0.160. The molecule has 1 N–H and O–H groups in total. The number of anilines is 1. The summed E-state index contributed by atoms with van der Waals surface area (Å²) in [6.45, 7) is 4.57. The topological polar surface area (TPSA) is 101 Å². The van der Waals surface area contributed by atoms with Gasteiger partial charge in [-0.25, -0.2) is 14.8 Å². The molecule has 33 heavy (non-hydrogen) atoms. The summed E-state index contributed by atoms with van der Waals surface area (Å²) < 4.78 is 2.04. The molecule has 5 rings (SSSR count). The minimum absolute atomic E-state index is 0.0988. The van der Waals surface area contributed by atoms with Gasteiger partial charge in [-0.1, -0.05) is 18.2 Å². The predicted octanol–water partition coefficient (Wildman–Crippen LogP) is 4.45. The van der Waals surface area contributed by atoms with Gasteiger partial charge in [0.15, 0.2) is 5.82 Å². The Morgan fingerprint density at radius 1 is 1.09 bits per heavy atom. The lowest BCUT2D eigenvalue weighted by atomic mass is 10.0. The highest BCUT2D eigenvalue weighted by Gasteiger charge is 2.30. The zero-order chi connectivity index (χ0) is 23.1. The van der Waals surface area contributed by atoms with E-state index in [0.29, 0.717) is 29.2 Å². The summed E-state index contributed by atoms with van der Waals surface area (Å²) in [4.78, 5) is 39.4. The molecule has 0 atom stereocenters. The first-order valence-corrected chi connectivity index (χ1v) is 10.6. The van der Waals surface area contributed by atoms with E-state index in [1.165, 1.54) is 6.20 Å². The number of benzene rings is 1. The van der Waals surface area contributed by atoms with E-state index in [-0.39, 0.29) is 17.5 Å². The first-order valence-electron chi connectivity index (χ1n) is 10.6. The molecule has 1 aliphatic rings. The van der Waals surface area contributed by atoms with Crippen LogP contribution in [0.5, 0.6) is 0 Å². The van der Waals surface area contributed by atoms with Crippen molar-refractivity contribution in [3.05, 3.63) is 83.9 Å². The van der Waals surface area contributed by atoms with Gasteiger partial charge in [0.25, 0.3) is 5.91 Å². The van der Waals surface area contributed by atoms with Crippen molar-refractivity contribution in [2.75, 3.05) is 4.90 Å². The van der Waals surface area contributed by atoms with Gasteiger partial charge in [0.05, 0.1) is 12.1 Å². The summed E-state index contributed by atoms with van der Waals surface area (Å²) in [6, 6.07) is 12.9. The maximum Gasteiger partial charge on any atom is 0.337 e. The van der Waals surface area contributed by atoms with Gasteiger partial charge in [-0.2, -0.15) is 0 Å². The third-order valence-electron chi connectivity index (χ3n) is 5.70. The molecule has 1 aliphatic heterocycles. The third kappa shape index (κ3) is 3.65. The molecule has 1 amide bonds. The molecule has 8 nitrogen and oxygen atoms in total. The van der Waals surface area contributed by atoms with E-state index in [0.717, 1.165) is 17.0 Å². The SMILES string of the molecule is CC(C)n1ccnc1-c1cccc(N2Cc3ccc(-c4cncc(C(=O)O)c4)cc3C2=O)n1. The Bertz CT molecular complexity index is 1390. The Morgan fingerprint density at radius 2 is 1.94 bits per heavy atom. The van der Waals surface area contributed by atoms with Gasteiger partial charge in [-0.3, -0.25) is 14.7 Å². The van der Waals surface area contributed by atoms with Gasteiger partial charge >= 0.3 is 5.97 Å². The Balaban J connectivity index is 1.47. The number of fused-ring (bicyclic) bond motifs is 1. The number of rotatable bonds is 5. The summed E-state index contributed by atoms with van der Waals surface area (Å²) in [6.07, 6.45) is 6.56. The van der Waals surface area contributed by atoms with Crippen LogP contribution in [0.4, 0.5) is 5.82 Å². The first-order chi connectivity index (χ1) is 15.9. The third-order valence-corrected chi connectivity index (χ3v) is 5.70. The standard InChI is InChI=1S/C25H21N5O3/c1-15(2)29-9-8-27-23(29)21-4-3-5-22(28-21)30-14-17-7-6-16(11-20(17)24(30)31)18-10-19(25(32)33)13-26-12-18/h3-13,15H,14H2,1-2H3,(H,32,33). The molecule has 4 aromatic rings. The van der Waals surface area contributed by atoms with E-state index in [9.17, 15) is 14.7 Å². The van der Waals surface area contributed by atoms with Crippen LogP contribution in [0.15, 0.2) is 67.3 Å². The molecule has 0 spiro atoms. The molecule has 1 aromatic carbocycles. The summed E-state index contributed by atoms with van der Waals surface area (Å²) in [5, 5.41) is 9.24. The normalized spacial score (nSPS) is 12.9. The predicted molar refractivity (Wildman–Crippen MR) is 123 cm³/mol. The number of carboxylic acid groups (broad SMARTS) is 1. The van der Waals surface area contributed by atoms with Crippen molar-refractivity contribution < 1.29 is 14.7 Å². The number of nitrogens with zero attached hydrogens (tertiary/aromatic N) is 5. The second-order valence-electron chi connectivity index (χ2n) is 8.16. The second-order valence-corrected chi connectivity index (χ2v) is 8.16. The zero-order valence-corrected chi connectivity index (χ0v) is 18.1. The molecular weight excluding hydrogens is 418 g/mol. The van der Waals surface area contributed by atoms with E-state index in [1.807, 2.05) is 41.1 Å². The molecule has 0 aliphatic carbocycles. The molecule has 3 aromatic heterocycles. The van der Waals surface area contributed by atoms with E-state index in [2.05, 4.69) is 23.8 Å². The Kier molecular flexibility index (Phi) is 4.97. The summed E-state index contributed by atoms with van der Waals surface area (Å²) in [5.41, 5.74) is 3.64. The van der Waals surface area contributed by atoms with Gasteiger partial charge < -0.3 is 9.67 Å². The number of hydrogen-bond donors (Lipinski definition) is 1. The molecule has 0 fully saturated rings. The minimum atomic E-state index is -1.04. The van der Waals surface area contributed by atoms with Gasteiger partial charge in [0, 0.05) is 42.0 Å². The van der Waals surface area contributed by atoms with Crippen LogP contribution in [-0.2, 0) is 6.54 Å². The number of aromatic carboxylic acids is 1. The Morgan fingerprint density at radius 3 is 2.73 bits per heavy atom. The number of carbonyl (C=O) groups is 2. The molecule has 8 heteroatoms. The lowest BCUT2D eigenvalue weighted by molar-refractivity contribution is 0.0696. The number of carboxylic acids is 1. The van der Waals surface area contributed by atoms with E-state index < -0.39 is 5.97 Å². The van der Waals surface area contributed by atoms with Crippen molar-refractivity contribution in [3.8, 4) is 22.6 Å². The molecular formula is C25H21N5O3. The van der Waals surface area contributed by atoms with Crippen LogP contribution in [0.1, 0.15) is 46.2 Å². The van der Waals surface area contributed by atoms with Crippen molar-refractivity contribution in [3.63, 3.8) is 0 Å². The molecule has 0 unspecified atom stereocenters. The minimum Gasteiger partial charge on any atom is -0.478 e. The van der Waals surface area contributed by atoms with Crippen molar-refractivity contribution in [2.45, 2.75) is 26.4 Å². The highest BCUT2D eigenvalue weighted by atomic mass is 16.4. The Hall–Kier alpha value is -4.33. The number of amides is 1. The van der Waals surface area contributed by atoms with Crippen LogP contribution >= 0.6 is 0 Å². The van der Waals surface area contributed by atoms with Crippen LogP contribution in [0.25, 0.3) is 22.6 Å². The summed E-state index contributed by atoms with van der Waals surface area (Å²) in [5.74, 6) is 0.120. The lowest BCUT2D eigenvalue weighted by Gasteiger charge is -2.16. The molecule has 0 saturated carbocycles. The number of imidazole rings is 1. The van der Waals surface area contributed by atoms with Gasteiger partial charge in [0.2, 0.25) is 0 Å². The Labute approximate surface area is 190 Å². The van der Waals surface area contributed by atoms with Crippen LogP contribution in [0, 0.1) is 0 Å². The maximum atomic E-state index is 13.3. The monoisotopic (exact) mass is 439 g/mol. The lowest BCUT2D eigenvalue weighted by Crippen LogP contribution is -2.24. The average Bonchev–Trinajstić information content (AvgIpc) is 3.44. The highest BCUT2D eigenvalue weighted by Crippen LogP contribution is 2.32. The van der Waals surface area contributed by atoms with Crippen molar-refractivity contribution in [2.24, 2.45) is 0 Å². The van der Waals surface area contributed by atoms with Crippen molar-refractivity contribution >= 4 is 17.7 Å². The molecule has 4 heterocycles. The van der Waals surface area contributed by atoms with Gasteiger partial charge in [-0.05, 0) is 49.2 Å². The quantitative estimate of drug-likeness (QED) is 0.493. The summed E-state index contributed by atoms with van der Waals surface area (Å²) in [7, 11) is 0.